The Morgan fingerprint density at radius 1 is 1.02 bits per heavy atom. The van der Waals surface area contributed by atoms with E-state index in [0.717, 1.165) is 12.0 Å². The van der Waals surface area contributed by atoms with Crippen LogP contribution in [0.2, 0.25) is 0 Å². The van der Waals surface area contributed by atoms with Crippen molar-refractivity contribution in [3.8, 4) is 5.75 Å². The van der Waals surface area contributed by atoms with Gasteiger partial charge in [-0.3, -0.25) is 4.79 Å². The van der Waals surface area contributed by atoms with E-state index < -0.39 is 34.6 Å². The van der Waals surface area contributed by atoms with Gasteiger partial charge in [-0.1, -0.05) is 37.3 Å². The zero-order chi connectivity index (χ0) is 29.9. The number of fused-ring (bicyclic) bond motifs is 2. The normalized spacial score (nSPS) is 21.5. The van der Waals surface area contributed by atoms with E-state index in [1.165, 1.54) is 10.8 Å². The summed E-state index contributed by atoms with van der Waals surface area (Å²) < 4.78 is 23.8. The molecule has 0 N–H and O–H groups in total. The van der Waals surface area contributed by atoms with E-state index in [1.54, 1.807) is 18.7 Å². The Labute approximate surface area is 240 Å². The highest BCUT2D eigenvalue weighted by molar-refractivity contribution is 5.94. The second kappa shape index (κ2) is 12.0. The van der Waals surface area contributed by atoms with Gasteiger partial charge in [-0.15, -0.1) is 0 Å². The summed E-state index contributed by atoms with van der Waals surface area (Å²) >= 11 is 0. The van der Waals surface area contributed by atoms with Gasteiger partial charge in [0, 0.05) is 19.3 Å². The monoisotopic (exact) mass is 568 g/mol. The number of piperidine rings is 1. The van der Waals surface area contributed by atoms with Crippen LogP contribution in [-0.2, 0) is 27.4 Å². The van der Waals surface area contributed by atoms with Crippen LogP contribution in [0.5, 0.6) is 5.75 Å². The number of likely N-dealkylation sites (tertiary alicyclic amines) is 1. The molecule has 2 fully saturated rings. The first-order valence-electron chi connectivity index (χ1n) is 14.2. The number of pyridine rings is 1. The van der Waals surface area contributed by atoms with Crippen LogP contribution < -0.4 is 10.2 Å². The summed E-state index contributed by atoms with van der Waals surface area (Å²) in [5.41, 5.74) is -1.76. The molecule has 3 atom stereocenters. The molecule has 2 aromatic rings. The van der Waals surface area contributed by atoms with Gasteiger partial charge in [-0.2, -0.15) is 0 Å². The van der Waals surface area contributed by atoms with Gasteiger partial charge in [0.15, 0.2) is 11.4 Å². The number of rotatable bonds is 9. The molecule has 4 rings (SSSR count). The number of aromatic nitrogens is 1. The number of hydrogen-bond donors (Lipinski definition) is 0. The molecule has 0 radical (unpaired) electrons. The highest BCUT2D eigenvalue weighted by Gasteiger charge is 2.59. The van der Waals surface area contributed by atoms with Gasteiger partial charge >= 0.3 is 18.0 Å². The molecule has 1 saturated carbocycles. The van der Waals surface area contributed by atoms with E-state index in [1.807, 2.05) is 51.1 Å². The van der Waals surface area contributed by atoms with Crippen molar-refractivity contribution in [3.05, 3.63) is 63.6 Å². The highest BCUT2D eigenvalue weighted by atomic mass is 16.6. The lowest BCUT2D eigenvalue weighted by molar-refractivity contribution is -0.00464. The van der Waals surface area contributed by atoms with Crippen molar-refractivity contribution >= 4 is 18.0 Å². The van der Waals surface area contributed by atoms with E-state index in [4.69, 9.17) is 18.9 Å². The van der Waals surface area contributed by atoms with Gasteiger partial charge in [-0.05, 0) is 64.9 Å². The first-order chi connectivity index (χ1) is 19.4. The fourth-order valence-corrected chi connectivity index (χ4v) is 5.97. The summed E-state index contributed by atoms with van der Waals surface area (Å²) in [7, 11) is 0. The minimum atomic E-state index is -0.823. The van der Waals surface area contributed by atoms with Crippen LogP contribution in [0.25, 0.3) is 0 Å². The molecule has 2 aliphatic rings. The largest absolute Gasteiger partial charge is 0.482 e. The Morgan fingerprint density at radius 2 is 1.68 bits per heavy atom. The smallest absolute Gasteiger partial charge is 0.410 e. The Kier molecular flexibility index (Phi) is 8.80. The Hall–Kier alpha value is -3.82. The van der Waals surface area contributed by atoms with Gasteiger partial charge in [0.1, 0.15) is 17.8 Å². The SMILES string of the molecule is CCOC(=O)c1cn(C[C@@]23CCC(CN2C(=O)OC(C)(C)C)[C@H]3C)c(C(=O)OCC)c(OCc2ccccc2)c1=O. The minimum absolute atomic E-state index is 0.0115. The van der Waals surface area contributed by atoms with Gasteiger partial charge < -0.3 is 28.4 Å². The van der Waals surface area contributed by atoms with Crippen LogP contribution in [-0.4, -0.2) is 58.4 Å². The molecular formula is C31H40N2O8. The Bertz CT molecular complexity index is 1350. The summed E-state index contributed by atoms with van der Waals surface area (Å²) in [4.78, 5) is 55.2. The van der Waals surface area contributed by atoms with Crippen molar-refractivity contribution < 1.29 is 33.3 Å². The van der Waals surface area contributed by atoms with Crippen LogP contribution >= 0.6 is 0 Å². The quantitative estimate of drug-likeness (QED) is 0.313. The molecule has 1 saturated heterocycles. The summed E-state index contributed by atoms with van der Waals surface area (Å²) in [5, 5.41) is 0. The maximum atomic E-state index is 13.6. The van der Waals surface area contributed by atoms with Crippen molar-refractivity contribution in [3.63, 3.8) is 0 Å². The van der Waals surface area contributed by atoms with Gasteiger partial charge in [-0.25, -0.2) is 14.4 Å². The third-order valence-corrected chi connectivity index (χ3v) is 7.94. The van der Waals surface area contributed by atoms with E-state index in [2.05, 4.69) is 6.92 Å². The lowest BCUT2D eigenvalue weighted by Crippen LogP contribution is -2.54. The third kappa shape index (κ3) is 6.11. The van der Waals surface area contributed by atoms with Crippen LogP contribution in [0, 0.1) is 11.8 Å². The summed E-state index contributed by atoms with van der Waals surface area (Å²) in [6.45, 7) is 11.6. The van der Waals surface area contributed by atoms with Gasteiger partial charge in [0.2, 0.25) is 5.43 Å². The zero-order valence-electron chi connectivity index (χ0n) is 24.7. The molecule has 2 heterocycles. The van der Waals surface area contributed by atoms with E-state index in [-0.39, 0.29) is 55.2 Å². The van der Waals surface area contributed by atoms with Crippen molar-refractivity contribution in [1.29, 1.82) is 0 Å². The standard InChI is InChI=1S/C31H40N2O8/c1-7-38-27(35)23-17-32(19-31-15-14-22(20(31)3)16-33(31)29(37)41-30(4,5)6)24(28(36)39-8-2)26(25(23)34)40-18-21-12-10-9-11-13-21/h9-13,17,20,22H,7-8,14-16,18-19H2,1-6H3/t20-,22?,31-/m1/s1. The maximum Gasteiger partial charge on any atom is 0.410 e. The van der Waals surface area contributed by atoms with Crippen LogP contribution in [0.15, 0.2) is 41.3 Å². The van der Waals surface area contributed by atoms with Gasteiger partial charge in [0.05, 0.1) is 18.8 Å². The van der Waals surface area contributed by atoms with Crippen molar-refractivity contribution in [2.24, 2.45) is 11.8 Å². The second-order valence-corrected chi connectivity index (χ2v) is 11.7. The zero-order valence-corrected chi connectivity index (χ0v) is 24.7. The van der Waals surface area contributed by atoms with E-state index >= 15 is 0 Å². The average Bonchev–Trinajstić information content (AvgIpc) is 3.36. The van der Waals surface area contributed by atoms with E-state index in [0.29, 0.717) is 13.0 Å². The number of amides is 1. The molecule has 1 aromatic carbocycles. The van der Waals surface area contributed by atoms with Crippen LogP contribution in [0.1, 0.15) is 80.8 Å². The number of esters is 2. The van der Waals surface area contributed by atoms with E-state index in [9.17, 15) is 19.2 Å². The van der Waals surface area contributed by atoms with Crippen molar-refractivity contribution in [1.82, 2.24) is 9.47 Å². The predicted octanol–water partition coefficient (Wildman–Crippen LogP) is 4.82. The summed E-state index contributed by atoms with van der Waals surface area (Å²) in [6, 6.07) is 9.18. The second-order valence-electron chi connectivity index (χ2n) is 11.7. The summed E-state index contributed by atoms with van der Waals surface area (Å²) in [5.74, 6) is -1.55. The maximum absolute atomic E-state index is 13.6. The summed E-state index contributed by atoms with van der Waals surface area (Å²) in [6.07, 6.45) is 2.47. The number of carbonyl (C=O) groups excluding carboxylic acids is 3. The number of hydrogen-bond acceptors (Lipinski definition) is 8. The Morgan fingerprint density at radius 3 is 2.29 bits per heavy atom. The van der Waals surface area contributed by atoms with Gasteiger partial charge in [0.25, 0.3) is 0 Å². The molecule has 2 bridgehead atoms. The Balaban J connectivity index is 1.86. The molecule has 1 aliphatic heterocycles. The third-order valence-electron chi connectivity index (χ3n) is 7.94. The topological polar surface area (TPSA) is 113 Å². The first kappa shape index (κ1) is 30.1. The average molecular weight is 569 g/mol. The lowest BCUT2D eigenvalue weighted by Gasteiger charge is -2.42. The van der Waals surface area contributed by atoms with Crippen molar-refractivity contribution in [2.45, 2.75) is 78.7 Å². The lowest BCUT2D eigenvalue weighted by atomic mass is 9.87. The molecule has 1 aromatic heterocycles. The molecule has 1 unspecified atom stereocenters. The van der Waals surface area contributed by atoms with Crippen molar-refractivity contribution in [2.75, 3.05) is 19.8 Å². The molecule has 1 aliphatic carbocycles. The highest BCUT2D eigenvalue weighted by Crippen LogP contribution is 2.52. The number of carbonyl (C=O) groups is 3. The molecular weight excluding hydrogens is 528 g/mol. The predicted molar refractivity (Wildman–Crippen MR) is 151 cm³/mol. The molecule has 41 heavy (non-hydrogen) atoms. The molecule has 222 valence electrons. The fraction of sp³-hybridized carbons (Fsp3) is 0.548. The number of nitrogens with zero attached hydrogens (tertiary/aromatic N) is 2. The first-order valence-corrected chi connectivity index (χ1v) is 14.2. The molecule has 10 nitrogen and oxygen atoms in total. The molecule has 10 heteroatoms. The van der Waals surface area contributed by atoms with Crippen LogP contribution in [0.3, 0.4) is 0 Å². The number of ether oxygens (including phenoxy) is 4. The van der Waals surface area contributed by atoms with Crippen LogP contribution in [0.4, 0.5) is 4.79 Å². The molecule has 0 spiro atoms. The fourth-order valence-electron chi connectivity index (χ4n) is 5.97. The molecule has 1 amide bonds. The number of benzene rings is 1. The minimum Gasteiger partial charge on any atom is -0.482 e.